The predicted octanol–water partition coefficient (Wildman–Crippen LogP) is 5.74. The van der Waals surface area contributed by atoms with Crippen molar-refractivity contribution in [1.82, 2.24) is 9.88 Å². The number of nitriles is 1. The Morgan fingerprint density at radius 1 is 0.941 bits per heavy atom. The molecule has 5 rings (SSSR count). The normalized spacial score (nSPS) is 11.6. The van der Waals surface area contributed by atoms with Crippen molar-refractivity contribution in [2.45, 2.75) is 19.5 Å². The molecule has 1 amide bonds. The van der Waals surface area contributed by atoms with Gasteiger partial charge in [-0.2, -0.15) is 5.26 Å². The van der Waals surface area contributed by atoms with Gasteiger partial charge >= 0.3 is 0 Å². The number of benzene rings is 3. The molecule has 1 N–H and O–H groups in total. The highest BCUT2D eigenvalue weighted by atomic mass is 16.3. The summed E-state index contributed by atoms with van der Waals surface area (Å²) in [4.78, 5) is 12.5. The van der Waals surface area contributed by atoms with E-state index in [-0.39, 0.29) is 12.1 Å². The number of carbonyl (C=O) groups is 1. The van der Waals surface area contributed by atoms with Gasteiger partial charge in [0.2, 0.25) is 0 Å². The third-order valence-electron chi connectivity index (χ3n) is 5.99. The fourth-order valence-electron chi connectivity index (χ4n) is 4.31. The van der Waals surface area contributed by atoms with E-state index < -0.39 is 5.91 Å². The van der Waals surface area contributed by atoms with Gasteiger partial charge in [0.1, 0.15) is 17.4 Å². The summed E-state index contributed by atoms with van der Waals surface area (Å²) in [6.07, 6.45) is 5.86. The van der Waals surface area contributed by atoms with Gasteiger partial charge in [0.15, 0.2) is 0 Å². The van der Waals surface area contributed by atoms with Crippen LogP contribution in [-0.2, 0) is 24.3 Å². The summed E-state index contributed by atoms with van der Waals surface area (Å²) in [6.45, 7) is 0.982. The average molecular weight is 446 g/mol. The molecule has 5 aromatic rings. The highest BCUT2D eigenvalue weighted by molar-refractivity contribution is 5.97. The number of allylic oxidation sites excluding steroid dienone is 1. The minimum atomic E-state index is -0.404. The van der Waals surface area contributed by atoms with E-state index in [0.29, 0.717) is 12.2 Å². The van der Waals surface area contributed by atoms with Crippen molar-refractivity contribution >= 4 is 27.6 Å². The molecule has 166 valence electrons. The van der Waals surface area contributed by atoms with Crippen molar-refractivity contribution in [1.29, 1.82) is 5.26 Å². The van der Waals surface area contributed by atoms with Gasteiger partial charge in [-0.1, -0.05) is 66.7 Å². The number of hydrogen-bond donors (Lipinski definition) is 1. The largest absolute Gasteiger partial charge is 0.467 e. The van der Waals surface area contributed by atoms with Crippen LogP contribution in [-0.4, -0.2) is 10.5 Å². The monoisotopic (exact) mass is 445 g/mol. The lowest BCUT2D eigenvalue weighted by atomic mass is 10.0. The Labute approximate surface area is 197 Å². The molecule has 0 aliphatic carbocycles. The van der Waals surface area contributed by atoms with Crippen LogP contribution < -0.4 is 5.32 Å². The zero-order chi connectivity index (χ0) is 23.3. The third kappa shape index (κ3) is 4.35. The van der Waals surface area contributed by atoms with Crippen LogP contribution in [0.4, 0.5) is 0 Å². The van der Waals surface area contributed by atoms with Gasteiger partial charge in [0.05, 0.1) is 12.8 Å². The first kappa shape index (κ1) is 21.3. The van der Waals surface area contributed by atoms with Crippen LogP contribution in [0, 0.1) is 11.3 Å². The molecule has 0 fully saturated rings. The highest BCUT2D eigenvalue weighted by Crippen LogP contribution is 2.26. The fraction of sp³-hybridized carbons (Fsp3) is 0.103. The van der Waals surface area contributed by atoms with Crippen LogP contribution in [0.3, 0.4) is 0 Å². The maximum atomic E-state index is 12.5. The van der Waals surface area contributed by atoms with Crippen LogP contribution in [0.5, 0.6) is 0 Å². The molecule has 5 nitrogen and oxygen atoms in total. The van der Waals surface area contributed by atoms with E-state index in [1.165, 1.54) is 16.3 Å². The number of nitrogens with one attached hydrogen (secondary N) is 1. The Kier molecular flexibility index (Phi) is 5.96. The van der Waals surface area contributed by atoms with E-state index in [1.54, 1.807) is 24.5 Å². The molecule has 2 aromatic heterocycles. The van der Waals surface area contributed by atoms with E-state index in [1.807, 2.05) is 18.2 Å². The summed E-state index contributed by atoms with van der Waals surface area (Å²) in [5.41, 5.74) is 3.54. The van der Waals surface area contributed by atoms with Crippen molar-refractivity contribution in [3.63, 3.8) is 0 Å². The van der Waals surface area contributed by atoms with Crippen molar-refractivity contribution in [3.05, 3.63) is 120 Å². The summed E-state index contributed by atoms with van der Waals surface area (Å²) in [5.74, 6) is 0.237. The molecule has 0 saturated carbocycles. The van der Waals surface area contributed by atoms with Crippen LogP contribution in [0.15, 0.2) is 107 Å². The number of carbonyl (C=O) groups excluding carboxylic acids is 1. The molecule has 0 saturated heterocycles. The number of rotatable bonds is 7. The summed E-state index contributed by atoms with van der Waals surface area (Å²) in [5, 5.41) is 15.9. The molecule has 0 bridgehead atoms. The molecule has 34 heavy (non-hydrogen) atoms. The molecule has 0 atom stereocenters. The number of aromatic nitrogens is 1. The number of hydrogen-bond acceptors (Lipinski definition) is 3. The van der Waals surface area contributed by atoms with Gasteiger partial charge in [-0.05, 0) is 46.5 Å². The lowest BCUT2D eigenvalue weighted by Gasteiger charge is -2.09. The second-order valence-corrected chi connectivity index (χ2v) is 8.13. The van der Waals surface area contributed by atoms with Gasteiger partial charge in [-0.15, -0.1) is 0 Å². The zero-order valence-electron chi connectivity index (χ0n) is 18.6. The number of nitrogens with zero attached hydrogens (tertiary/aromatic N) is 2. The van der Waals surface area contributed by atoms with Crippen molar-refractivity contribution in [3.8, 4) is 6.07 Å². The second-order valence-electron chi connectivity index (χ2n) is 8.13. The molecular weight excluding hydrogens is 422 g/mol. The topological polar surface area (TPSA) is 71.0 Å². The molecule has 0 radical (unpaired) electrons. The van der Waals surface area contributed by atoms with Crippen LogP contribution >= 0.6 is 0 Å². The second kappa shape index (κ2) is 9.51. The standard InChI is InChI=1S/C29H23N3O2/c30-17-22(29(33)31-18-25-10-6-16-34-25)14-15-24-20-32(28-13-4-3-12-27(24)28)19-23-9-5-8-21-7-1-2-11-26(21)23/h1-14,16,20H,15,18-19H2,(H,31,33)/b22-14+. The Morgan fingerprint density at radius 2 is 1.74 bits per heavy atom. The maximum Gasteiger partial charge on any atom is 0.261 e. The molecule has 0 spiro atoms. The number of para-hydroxylation sites is 1. The van der Waals surface area contributed by atoms with Crippen molar-refractivity contribution < 1.29 is 9.21 Å². The van der Waals surface area contributed by atoms with E-state index in [2.05, 4.69) is 70.7 Å². The van der Waals surface area contributed by atoms with E-state index in [0.717, 1.165) is 23.0 Å². The number of furan rings is 1. The summed E-state index contributed by atoms with van der Waals surface area (Å²) in [6, 6.07) is 28.6. The molecule has 0 aliphatic rings. The SMILES string of the molecule is N#C/C(=C\Cc1cn(Cc2cccc3ccccc23)c2ccccc12)C(=O)NCc1ccco1. The predicted molar refractivity (Wildman–Crippen MR) is 133 cm³/mol. The molecule has 5 heteroatoms. The first-order chi connectivity index (χ1) is 16.7. The minimum Gasteiger partial charge on any atom is -0.467 e. The molecule has 3 aromatic carbocycles. The summed E-state index contributed by atoms with van der Waals surface area (Å²) < 4.78 is 7.47. The quantitative estimate of drug-likeness (QED) is 0.256. The molecule has 0 unspecified atom stereocenters. The zero-order valence-corrected chi connectivity index (χ0v) is 18.6. The van der Waals surface area contributed by atoms with E-state index in [9.17, 15) is 10.1 Å². The number of fused-ring (bicyclic) bond motifs is 2. The van der Waals surface area contributed by atoms with Gasteiger partial charge in [-0.3, -0.25) is 4.79 Å². The minimum absolute atomic E-state index is 0.0949. The smallest absolute Gasteiger partial charge is 0.261 e. The van der Waals surface area contributed by atoms with E-state index in [4.69, 9.17) is 4.42 Å². The average Bonchev–Trinajstić information content (AvgIpc) is 3.52. The van der Waals surface area contributed by atoms with Gasteiger partial charge < -0.3 is 14.3 Å². The maximum absolute atomic E-state index is 12.5. The Bertz CT molecular complexity index is 1530. The van der Waals surface area contributed by atoms with Crippen LogP contribution in [0.1, 0.15) is 16.9 Å². The Hall–Kier alpha value is -4.56. The van der Waals surface area contributed by atoms with Gasteiger partial charge in [-0.25, -0.2) is 0 Å². The third-order valence-corrected chi connectivity index (χ3v) is 5.99. The number of amides is 1. The van der Waals surface area contributed by atoms with Crippen LogP contribution in [0.2, 0.25) is 0 Å². The Balaban J connectivity index is 1.41. The van der Waals surface area contributed by atoms with Crippen LogP contribution in [0.25, 0.3) is 21.7 Å². The molecule has 2 heterocycles. The summed E-state index contributed by atoms with van der Waals surface area (Å²) in [7, 11) is 0. The Morgan fingerprint density at radius 3 is 2.56 bits per heavy atom. The first-order valence-electron chi connectivity index (χ1n) is 11.2. The van der Waals surface area contributed by atoms with E-state index >= 15 is 0 Å². The first-order valence-corrected chi connectivity index (χ1v) is 11.2. The molecule has 0 aliphatic heterocycles. The molecular formula is C29H23N3O2. The highest BCUT2D eigenvalue weighted by Gasteiger charge is 2.12. The van der Waals surface area contributed by atoms with Crippen molar-refractivity contribution in [2.75, 3.05) is 0 Å². The van der Waals surface area contributed by atoms with Crippen molar-refractivity contribution in [2.24, 2.45) is 0 Å². The lowest BCUT2D eigenvalue weighted by molar-refractivity contribution is -0.117. The summed E-state index contributed by atoms with van der Waals surface area (Å²) >= 11 is 0. The van der Waals surface area contributed by atoms with Gasteiger partial charge in [0, 0.05) is 23.6 Å². The van der Waals surface area contributed by atoms with Gasteiger partial charge in [0.25, 0.3) is 5.91 Å². The lowest BCUT2D eigenvalue weighted by Crippen LogP contribution is -2.23. The fourth-order valence-corrected chi connectivity index (χ4v) is 4.31.